The number of guanidine groups is 1. The molecule has 3 aliphatic rings. The van der Waals surface area contributed by atoms with E-state index in [9.17, 15) is 0 Å². The van der Waals surface area contributed by atoms with Crippen molar-refractivity contribution < 1.29 is 14.2 Å². The minimum Gasteiger partial charge on any atom is -0.454 e. The van der Waals surface area contributed by atoms with E-state index >= 15 is 0 Å². The van der Waals surface area contributed by atoms with Gasteiger partial charge in [-0.1, -0.05) is 18.9 Å². The van der Waals surface area contributed by atoms with Gasteiger partial charge in [0, 0.05) is 38.3 Å². The van der Waals surface area contributed by atoms with E-state index in [1.165, 1.54) is 31.2 Å². The minimum atomic E-state index is 0. The number of nitrogens with one attached hydrogen (secondary N) is 2. The maximum absolute atomic E-state index is 5.65. The first kappa shape index (κ1) is 20.5. The summed E-state index contributed by atoms with van der Waals surface area (Å²) in [7, 11) is 1.85. The lowest BCUT2D eigenvalue weighted by Gasteiger charge is -2.38. The van der Waals surface area contributed by atoms with Crippen LogP contribution in [-0.2, 0) is 10.2 Å². The van der Waals surface area contributed by atoms with E-state index in [0.29, 0.717) is 12.8 Å². The molecular weight excluding hydrogens is 457 g/mol. The Bertz CT molecular complexity index is 656. The van der Waals surface area contributed by atoms with Crippen molar-refractivity contribution in [3.63, 3.8) is 0 Å². The number of aliphatic imine (C=N–C) groups is 1. The summed E-state index contributed by atoms with van der Waals surface area (Å²) in [5, 5.41) is 7.16. The number of benzene rings is 1. The third-order valence-corrected chi connectivity index (χ3v) is 5.95. The fourth-order valence-electron chi connectivity index (χ4n) is 4.27. The second-order valence-corrected chi connectivity index (χ2v) is 7.51. The molecule has 4 rings (SSSR count). The Hall–Kier alpha value is -1.22. The van der Waals surface area contributed by atoms with Gasteiger partial charge in [0.05, 0.1) is 0 Å². The zero-order valence-electron chi connectivity index (χ0n) is 16.0. The summed E-state index contributed by atoms with van der Waals surface area (Å²) in [5.74, 6) is 2.59. The van der Waals surface area contributed by atoms with Crippen LogP contribution in [0.5, 0.6) is 11.5 Å². The van der Waals surface area contributed by atoms with E-state index in [1.54, 1.807) is 0 Å². The Labute approximate surface area is 178 Å². The molecule has 0 atom stereocenters. The molecule has 2 aliphatic heterocycles. The van der Waals surface area contributed by atoms with E-state index in [0.717, 1.165) is 50.1 Å². The second-order valence-electron chi connectivity index (χ2n) is 7.51. The van der Waals surface area contributed by atoms with Crippen molar-refractivity contribution in [1.29, 1.82) is 0 Å². The highest BCUT2D eigenvalue weighted by molar-refractivity contribution is 14.0. The summed E-state index contributed by atoms with van der Waals surface area (Å²) >= 11 is 0. The van der Waals surface area contributed by atoms with E-state index in [2.05, 4.69) is 27.8 Å². The highest BCUT2D eigenvalue weighted by Gasteiger charge is 2.36. The standard InChI is InChI=1S/C20H29N3O3.HI/c1-21-19(23-16-4-2-3-5-16)22-13-20(8-10-24-11-9-20)15-6-7-17-18(12-15)26-14-25-17;/h6-7,12,16H,2-5,8-11,13-14H2,1H3,(H2,21,22,23);1H. The molecular formula is C20H30IN3O3. The summed E-state index contributed by atoms with van der Waals surface area (Å²) in [6, 6.07) is 6.90. The Morgan fingerprint density at radius 3 is 2.63 bits per heavy atom. The largest absolute Gasteiger partial charge is 0.454 e. The zero-order valence-corrected chi connectivity index (χ0v) is 18.3. The third-order valence-electron chi connectivity index (χ3n) is 5.95. The van der Waals surface area contributed by atoms with Gasteiger partial charge in [-0.25, -0.2) is 0 Å². The zero-order chi connectivity index (χ0) is 17.8. The summed E-state index contributed by atoms with van der Waals surface area (Å²) in [6.07, 6.45) is 7.07. The van der Waals surface area contributed by atoms with Gasteiger partial charge in [-0.2, -0.15) is 0 Å². The molecule has 1 saturated heterocycles. The number of halogens is 1. The molecule has 7 heteroatoms. The number of ether oxygens (including phenoxy) is 3. The van der Waals surface area contributed by atoms with Gasteiger partial charge in [0.2, 0.25) is 6.79 Å². The molecule has 150 valence electrons. The number of nitrogens with zero attached hydrogens (tertiary/aromatic N) is 1. The van der Waals surface area contributed by atoms with E-state index in [-0.39, 0.29) is 29.4 Å². The predicted octanol–water partition coefficient (Wildman–Crippen LogP) is 3.19. The average Bonchev–Trinajstić information content (AvgIpc) is 3.36. The number of rotatable bonds is 4. The first-order valence-electron chi connectivity index (χ1n) is 9.74. The fraction of sp³-hybridized carbons (Fsp3) is 0.650. The maximum Gasteiger partial charge on any atom is 0.231 e. The lowest BCUT2D eigenvalue weighted by molar-refractivity contribution is 0.0513. The lowest BCUT2D eigenvalue weighted by Crippen LogP contribution is -2.49. The van der Waals surface area contributed by atoms with E-state index < -0.39 is 0 Å². The smallest absolute Gasteiger partial charge is 0.231 e. The van der Waals surface area contributed by atoms with Crippen LogP contribution in [0.15, 0.2) is 23.2 Å². The number of hydrogen-bond donors (Lipinski definition) is 2. The van der Waals surface area contributed by atoms with Crippen molar-refractivity contribution in [3.05, 3.63) is 23.8 Å². The van der Waals surface area contributed by atoms with Crippen molar-refractivity contribution in [2.75, 3.05) is 33.6 Å². The van der Waals surface area contributed by atoms with Crippen LogP contribution < -0.4 is 20.1 Å². The van der Waals surface area contributed by atoms with Gasteiger partial charge < -0.3 is 24.8 Å². The topological polar surface area (TPSA) is 64.1 Å². The normalized spacial score (nSPS) is 21.6. The molecule has 2 fully saturated rings. The molecule has 1 aromatic carbocycles. The van der Waals surface area contributed by atoms with E-state index in [4.69, 9.17) is 14.2 Å². The molecule has 0 spiro atoms. The second kappa shape index (κ2) is 9.32. The van der Waals surface area contributed by atoms with Crippen LogP contribution in [0.3, 0.4) is 0 Å². The third kappa shape index (κ3) is 4.62. The quantitative estimate of drug-likeness (QED) is 0.388. The molecule has 27 heavy (non-hydrogen) atoms. The van der Waals surface area contributed by atoms with Gasteiger partial charge in [-0.15, -0.1) is 24.0 Å². The van der Waals surface area contributed by atoms with Crippen LogP contribution in [0.4, 0.5) is 0 Å². The molecule has 1 aliphatic carbocycles. The van der Waals surface area contributed by atoms with Crippen LogP contribution in [0.2, 0.25) is 0 Å². The van der Waals surface area contributed by atoms with Gasteiger partial charge in [0.25, 0.3) is 0 Å². The van der Waals surface area contributed by atoms with Crippen LogP contribution in [0, 0.1) is 0 Å². The molecule has 0 bridgehead atoms. The first-order chi connectivity index (χ1) is 12.8. The highest BCUT2D eigenvalue weighted by Crippen LogP contribution is 2.40. The van der Waals surface area contributed by atoms with Crippen molar-refractivity contribution >= 4 is 29.9 Å². The van der Waals surface area contributed by atoms with Gasteiger partial charge in [0.1, 0.15) is 0 Å². The van der Waals surface area contributed by atoms with Crippen molar-refractivity contribution in [2.24, 2.45) is 4.99 Å². The predicted molar refractivity (Wildman–Crippen MR) is 116 cm³/mol. The number of fused-ring (bicyclic) bond motifs is 1. The summed E-state index contributed by atoms with van der Waals surface area (Å²) in [6.45, 7) is 2.71. The van der Waals surface area contributed by atoms with Crippen molar-refractivity contribution in [3.8, 4) is 11.5 Å². The summed E-state index contributed by atoms with van der Waals surface area (Å²) in [5.41, 5.74) is 1.31. The van der Waals surface area contributed by atoms with Crippen LogP contribution in [-0.4, -0.2) is 45.6 Å². The van der Waals surface area contributed by atoms with Gasteiger partial charge >= 0.3 is 0 Å². The average molecular weight is 487 g/mol. The van der Waals surface area contributed by atoms with Gasteiger partial charge in [-0.05, 0) is 43.4 Å². The van der Waals surface area contributed by atoms with Crippen LogP contribution >= 0.6 is 24.0 Å². The molecule has 1 aromatic rings. The van der Waals surface area contributed by atoms with Crippen molar-refractivity contribution in [2.45, 2.75) is 50.0 Å². The highest BCUT2D eigenvalue weighted by atomic mass is 127. The van der Waals surface area contributed by atoms with Gasteiger partial charge in [0.15, 0.2) is 17.5 Å². The monoisotopic (exact) mass is 487 g/mol. The Morgan fingerprint density at radius 1 is 1.15 bits per heavy atom. The maximum atomic E-state index is 5.65. The van der Waals surface area contributed by atoms with Gasteiger partial charge in [-0.3, -0.25) is 4.99 Å². The molecule has 0 amide bonds. The first-order valence-corrected chi connectivity index (χ1v) is 9.74. The Balaban J connectivity index is 0.00000210. The number of hydrogen-bond acceptors (Lipinski definition) is 4. The SMILES string of the molecule is CN=C(NCC1(c2ccc3c(c2)OCO3)CCOCC1)NC1CCCC1.I. The summed E-state index contributed by atoms with van der Waals surface area (Å²) in [4.78, 5) is 4.44. The molecule has 0 aromatic heterocycles. The molecule has 0 radical (unpaired) electrons. The Morgan fingerprint density at radius 2 is 1.89 bits per heavy atom. The lowest BCUT2D eigenvalue weighted by atomic mass is 9.74. The van der Waals surface area contributed by atoms with Crippen LogP contribution in [0.25, 0.3) is 0 Å². The fourth-order valence-corrected chi connectivity index (χ4v) is 4.27. The molecule has 2 N–H and O–H groups in total. The molecule has 0 unspecified atom stereocenters. The van der Waals surface area contributed by atoms with Crippen LogP contribution in [0.1, 0.15) is 44.1 Å². The molecule has 1 saturated carbocycles. The minimum absolute atomic E-state index is 0. The van der Waals surface area contributed by atoms with Crippen molar-refractivity contribution in [1.82, 2.24) is 10.6 Å². The molecule has 6 nitrogen and oxygen atoms in total. The summed E-state index contributed by atoms with van der Waals surface area (Å²) < 4.78 is 16.7. The Kier molecular flexibility index (Phi) is 7.08. The van der Waals surface area contributed by atoms with E-state index in [1.807, 2.05) is 13.1 Å². The molecule has 2 heterocycles.